The second-order valence-corrected chi connectivity index (χ2v) is 5.37. The van der Waals surface area contributed by atoms with Gasteiger partial charge in [-0.3, -0.25) is 4.68 Å². The van der Waals surface area contributed by atoms with Crippen molar-refractivity contribution in [2.75, 3.05) is 0 Å². The fourth-order valence-corrected chi connectivity index (χ4v) is 1.82. The number of nitrogens with zero attached hydrogens (tertiary/aromatic N) is 4. The first-order valence-corrected chi connectivity index (χ1v) is 6.88. The number of guanidine groups is 1. The fourth-order valence-electron chi connectivity index (χ4n) is 1.82. The molecule has 1 heterocycles. The Balaban J connectivity index is 2.29. The topological polar surface area (TPSA) is 81.1 Å². The first-order valence-electron chi connectivity index (χ1n) is 6.88. The molecule has 1 aromatic rings. The lowest BCUT2D eigenvalue weighted by molar-refractivity contribution is 0.493. The van der Waals surface area contributed by atoms with Crippen LogP contribution in [0.2, 0.25) is 0 Å². The van der Waals surface area contributed by atoms with Crippen molar-refractivity contribution in [1.29, 1.82) is 0 Å². The number of aliphatic imine (C=N–C) groups is 1. The number of nitrogens with one attached hydrogen (secondary N) is 1. The van der Waals surface area contributed by atoms with E-state index in [2.05, 4.69) is 41.2 Å². The Morgan fingerprint density at radius 3 is 2.74 bits per heavy atom. The molecule has 6 nitrogen and oxygen atoms in total. The van der Waals surface area contributed by atoms with Gasteiger partial charge in [0.2, 0.25) is 0 Å². The van der Waals surface area contributed by atoms with Gasteiger partial charge < -0.3 is 11.1 Å². The van der Waals surface area contributed by atoms with Crippen LogP contribution in [-0.2, 0) is 13.6 Å². The maximum Gasteiger partial charge on any atom is 0.189 e. The zero-order valence-electron chi connectivity index (χ0n) is 12.4. The molecule has 1 aromatic heterocycles. The second kappa shape index (κ2) is 7.76. The van der Waals surface area contributed by atoms with E-state index in [0.717, 1.165) is 18.2 Å². The Morgan fingerprint density at radius 2 is 2.16 bits per heavy atom. The van der Waals surface area contributed by atoms with Crippen molar-refractivity contribution in [2.45, 2.75) is 52.6 Å². The maximum absolute atomic E-state index is 5.85. The summed E-state index contributed by atoms with van der Waals surface area (Å²) in [4.78, 5) is 8.37. The molecule has 0 aliphatic carbocycles. The van der Waals surface area contributed by atoms with Crippen molar-refractivity contribution in [3.05, 3.63) is 12.2 Å². The van der Waals surface area contributed by atoms with Crippen LogP contribution in [0, 0.1) is 5.92 Å². The Hall–Kier alpha value is -1.59. The highest BCUT2D eigenvalue weighted by molar-refractivity contribution is 5.78. The minimum atomic E-state index is 0.349. The van der Waals surface area contributed by atoms with Gasteiger partial charge in [0.15, 0.2) is 5.96 Å². The van der Waals surface area contributed by atoms with Gasteiger partial charge in [0.1, 0.15) is 18.7 Å². The molecule has 0 aromatic carbocycles. The molecule has 1 rings (SSSR count). The van der Waals surface area contributed by atoms with Crippen LogP contribution in [0.15, 0.2) is 11.3 Å². The summed E-state index contributed by atoms with van der Waals surface area (Å²) >= 11 is 0. The summed E-state index contributed by atoms with van der Waals surface area (Å²) < 4.78 is 1.70. The fraction of sp³-hybridized carbons (Fsp3) is 0.769. The van der Waals surface area contributed by atoms with Gasteiger partial charge in [0, 0.05) is 13.1 Å². The van der Waals surface area contributed by atoms with E-state index in [1.165, 1.54) is 19.2 Å². The summed E-state index contributed by atoms with van der Waals surface area (Å²) in [7, 11) is 1.84. The van der Waals surface area contributed by atoms with E-state index in [-0.39, 0.29) is 0 Å². The standard InChI is InChI=1S/C13H26N6/c1-10(2)6-5-7-11(3)18-13(14)15-8-12-16-9-17-19(12)4/h9-11H,5-8H2,1-4H3,(H3,14,15,18). The number of aromatic nitrogens is 3. The first kappa shape index (κ1) is 15.5. The van der Waals surface area contributed by atoms with Crippen LogP contribution >= 0.6 is 0 Å². The third-order valence-electron chi connectivity index (χ3n) is 3.01. The van der Waals surface area contributed by atoms with Gasteiger partial charge >= 0.3 is 0 Å². The largest absolute Gasteiger partial charge is 0.370 e. The number of nitrogens with two attached hydrogens (primary N) is 1. The molecule has 0 spiro atoms. The van der Waals surface area contributed by atoms with E-state index in [9.17, 15) is 0 Å². The van der Waals surface area contributed by atoms with E-state index >= 15 is 0 Å². The first-order chi connectivity index (χ1) is 8.99. The van der Waals surface area contributed by atoms with E-state index in [1.54, 1.807) is 4.68 Å². The smallest absolute Gasteiger partial charge is 0.189 e. The van der Waals surface area contributed by atoms with Crippen LogP contribution in [0.3, 0.4) is 0 Å². The molecule has 0 radical (unpaired) electrons. The molecule has 3 N–H and O–H groups in total. The van der Waals surface area contributed by atoms with Gasteiger partial charge in [0.05, 0.1) is 0 Å². The summed E-state index contributed by atoms with van der Waals surface area (Å²) in [6.45, 7) is 7.07. The minimum absolute atomic E-state index is 0.349. The minimum Gasteiger partial charge on any atom is -0.370 e. The molecule has 0 saturated heterocycles. The van der Waals surface area contributed by atoms with Gasteiger partial charge in [-0.05, 0) is 19.3 Å². The Kier molecular flexibility index (Phi) is 6.32. The number of hydrogen-bond acceptors (Lipinski definition) is 3. The van der Waals surface area contributed by atoms with Crippen molar-refractivity contribution in [1.82, 2.24) is 20.1 Å². The van der Waals surface area contributed by atoms with Crippen LogP contribution in [0.1, 0.15) is 45.9 Å². The molecular weight excluding hydrogens is 240 g/mol. The van der Waals surface area contributed by atoms with E-state index in [0.29, 0.717) is 18.5 Å². The Bertz CT molecular complexity index is 396. The Morgan fingerprint density at radius 1 is 1.42 bits per heavy atom. The maximum atomic E-state index is 5.85. The van der Waals surface area contributed by atoms with Gasteiger partial charge in [0.25, 0.3) is 0 Å². The molecule has 1 atom stereocenters. The summed E-state index contributed by atoms with van der Waals surface area (Å²) in [6.07, 6.45) is 5.09. The quantitative estimate of drug-likeness (QED) is 0.578. The summed E-state index contributed by atoms with van der Waals surface area (Å²) in [5.74, 6) is 2.03. The monoisotopic (exact) mass is 266 g/mol. The van der Waals surface area contributed by atoms with Gasteiger partial charge in [-0.1, -0.05) is 26.7 Å². The zero-order valence-corrected chi connectivity index (χ0v) is 12.4. The highest BCUT2D eigenvalue weighted by atomic mass is 15.3. The molecule has 0 aliphatic rings. The van der Waals surface area contributed by atoms with E-state index < -0.39 is 0 Å². The Labute approximate surface area is 115 Å². The van der Waals surface area contributed by atoms with Crippen LogP contribution in [0.4, 0.5) is 0 Å². The SMILES string of the molecule is CC(C)CCCC(C)NC(N)=NCc1ncnn1C. The van der Waals surface area contributed by atoms with Crippen LogP contribution in [0.25, 0.3) is 0 Å². The van der Waals surface area contributed by atoms with Crippen molar-refractivity contribution < 1.29 is 0 Å². The van der Waals surface area contributed by atoms with Gasteiger partial charge in [-0.2, -0.15) is 5.10 Å². The second-order valence-electron chi connectivity index (χ2n) is 5.37. The van der Waals surface area contributed by atoms with Crippen LogP contribution < -0.4 is 11.1 Å². The zero-order chi connectivity index (χ0) is 14.3. The van der Waals surface area contributed by atoms with E-state index in [1.807, 2.05) is 7.05 Å². The summed E-state index contributed by atoms with van der Waals surface area (Å²) in [5.41, 5.74) is 5.85. The molecular formula is C13H26N6. The van der Waals surface area contributed by atoms with Gasteiger partial charge in [-0.15, -0.1) is 0 Å². The highest BCUT2D eigenvalue weighted by Crippen LogP contribution is 2.08. The summed E-state index contributed by atoms with van der Waals surface area (Å²) in [6, 6.07) is 0.349. The lowest BCUT2D eigenvalue weighted by Gasteiger charge is -2.14. The van der Waals surface area contributed by atoms with Crippen molar-refractivity contribution in [3.63, 3.8) is 0 Å². The van der Waals surface area contributed by atoms with Crippen molar-refractivity contribution in [3.8, 4) is 0 Å². The van der Waals surface area contributed by atoms with Gasteiger partial charge in [-0.25, -0.2) is 9.98 Å². The molecule has 108 valence electrons. The molecule has 0 aliphatic heterocycles. The summed E-state index contributed by atoms with van der Waals surface area (Å²) in [5, 5.41) is 7.19. The van der Waals surface area contributed by atoms with Crippen LogP contribution in [-0.4, -0.2) is 26.8 Å². The predicted molar refractivity (Wildman–Crippen MR) is 77.6 cm³/mol. The molecule has 0 amide bonds. The average molecular weight is 266 g/mol. The third kappa shape index (κ3) is 6.22. The van der Waals surface area contributed by atoms with E-state index in [4.69, 9.17) is 5.73 Å². The molecule has 19 heavy (non-hydrogen) atoms. The predicted octanol–water partition coefficient (Wildman–Crippen LogP) is 1.43. The molecule has 0 bridgehead atoms. The average Bonchev–Trinajstić information content (AvgIpc) is 2.71. The number of aryl methyl sites for hydroxylation is 1. The highest BCUT2D eigenvalue weighted by Gasteiger charge is 2.04. The van der Waals surface area contributed by atoms with Crippen molar-refractivity contribution >= 4 is 5.96 Å². The lowest BCUT2D eigenvalue weighted by atomic mass is 10.0. The third-order valence-corrected chi connectivity index (χ3v) is 3.01. The van der Waals surface area contributed by atoms with Crippen molar-refractivity contribution in [2.24, 2.45) is 23.7 Å². The van der Waals surface area contributed by atoms with Crippen LogP contribution in [0.5, 0.6) is 0 Å². The molecule has 0 saturated carbocycles. The molecule has 0 fully saturated rings. The number of hydrogen-bond donors (Lipinski definition) is 2. The molecule has 1 unspecified atom stereocenters. The molecule has 6 heteroatoms. The lowest BCUT2D eigenvalue weighted by Crippen LogP contribution is -2.38. The normalized spacial score (nSPS) is 13.8. The number of rotatable bonds is 7.